The summed E-state index contributed by atoms with van der Waals surface area (Å²) in [4.78, 5) is 0. The van der Waals surface area contributed by atoms with E-state index in [-0.39, 0.29) is 80.7 Å². The van der Waals surface area contributed by atoms with Gasteiger partial charge in [0.1, 0.15) is 42.7 Å². The van der Waals surface area contributed by atoms with Crippen molar-refractivity contribution < 1.29 is 177 Å². The van der Waals surface area contributed by atoms with Crippen molar-refractivity contribution in [3.8, 4) is 0 Å². The Morgan fingerprint density at radius 2 is 0.298 bits per heavy atom. The molecule has 764 valence electrons. The first kappa shape index (κ1) is 140. The van der Waals surface area contributed by atoms with Crippen LogP contribution in [0.4, 0.5) is 0 Å². The first-order valence-electron chi connectivity index (χ1n) is 40.5. The van der Waals surface area contributed by atoms with Gasteiger partial charge < -0.3 is 175 Å². The zero-order valence-electron chi connectivity index (χ0n) is 83.1. The molecule has 0 saturated carbocycles. The first-order chi connectivity index (χ1) is 58.8. The maximum Gasteiger partial charge on any atom is 0.114 e. The van der Waals surface area contributed by atoms with E-state index in [1.807, 2.05) is 0 Å². The Kier molecular flexibility index (Phi) is 110. The van der Waals surface area contributed by atoms with Crippen molar-refractivity contribution in [3.63, 3.8) is 0 Å². The van der Waals surface area contributed by atoms with Gasteiger partial charge in [-0.3, -0.25) is 0 Å². The van der Waals surface area contributed by atoms with E-state index in [1.165, 1.54) is 0 Å². The summed E-state index contributed by atoms with van der Waals surface area (Å²) in [5, 5.41) is 0. The number of hydrogen-bond acceptors (Lipinski definition) is 37. The Labute approximate surface area is 755 Å². The van der Waals surface area contributed by atoms with Gasteiger partial charge in [0.05, 0.1) is 257 Å². The van der Waals surface area contributed by atoms with E-state index in [9.17, 15) is 0 Å². The predicted molar refractivity (Wildman–Crippen MR) is 481 cm³/mol. The molecule has 37 nitrogen and oxygen atoms in total. The van der Waals surface area contributed by atoms with E-state index in [2.05, 4.69) is 13.8 Å². The molecule has 0 fully saturated rings. The highest BCUT2D eigenvalue weighted by Crippen LogP contribution is 2.30. The lowest BCUT2D eigenvalue weighted by molar-refractivity contribution is -0.166. The van der Waals surface area contributed by atoms with Gasteiger partial charge in [-0.1, -0.05) is 28.7 Å². The van der Waals surface area contributed by atoms with Gasteiger partial charge in [-0.25, -0.2) is 0 Å². The minimum atomic E-state index is -0.512. The standard InChI is InChI=1S/C23H48O10.C16H34O7.C12H26O6.C10H22O5.C9H20O4.C9H20O2.C6H14O3.2CH4.H2/c1-24-9-21(10-25-2,11-26-3)17-32-19-23(15-30-7,16-31-8)20-33-18-22(12-27-4,13-28-5)14-29-6;1-17-7-15(8-18-2,9-19-3)13-23-14-16(10-20-4,11-21-5)12-22-6;1-13-7-9(15-3)11(17-5)12(18-6)10(16-4)8-14-2;1-11-5-9(13-3)7-15-8-10(14-4)6-12-2;1-10-5-9(6-11-2,7-12-3)8-13-4;1-5-9(6-2,7-10-3)8-11-4;1-7-4-6(9-3)5-8-2;;;/h9-20H2,1-8H3;7-14H2,1-6H3;9-12H,7-8H2,1-6H3;9-10H,5-8H2,1-4H3;5-8H2,1-4H3;5-8H2,1-4H3;6H,4-5H2,1-3H3;2*1H4;1H. The molecule has 0 bridgehead atoms. The summed E-state index contributed by atoms with van der Waals surface area (Å²) in [5.74, 6) is 0. The SMILES string of the molecule is C.C.CCC(CC)(COC)COC.COCC(COC)(COC)COC.COCC(COC)(COC)COCC(COC)(COC)COC.COCC(COC)(COC)COCC(COC)(COC)COCC(COC)(COC)COC.COCC(COC)OC.COCC(COCC(COC)OC)OC.COCC(OC)C(OC)C(OC)C(COC)OC.[HH]. The van der Waals surface area contributed by atoms with Crippen molar-refractivity contribution >= 4 is 0 Å². The molecule has 37 heteroatoms. The fraction of sp³-hybridized carbons (Fsp3) is 1.00. The summed E-state index contributed by atoms with van der Waals surface area (Å²) in [6.45, 7) is 21.1. The van der Waals surface area contributed by atoms with Gasteiger partial charge in [-0.05, 0) is 12.8 Å². The van der Waals surface area contributed by atoms with Crippen molar-refractivity contribution in [3.05, 3.63) is 0 Å². The number of hydrogen-bond donors (Lipinski definition) is 0. The molecule has 0 N–H and O–H groups in total. The molecule has 0 amide bonds. The number of rotatable bonds is 80. The maximum atomic E-state index is 6.20. The van der Waals surface area contributed by atoms with Gasteiger partial charge >= 0.3 is 0 Å². The summed E-state index contributed by atoms with van der Waals surface area (Å²) in [7, 11) is 54.4. The van der Waals surface area contributed by atoms with E-state index >= 15 is 0 Å². The molecule has 6 unspecified atom stereocenters. The van der Waals surface area contributed by atoms with Crippen LogP contribution < -0.4 is 0 Å². The molecule has 6 atom stereocenters. The summed E-state index contributed by atoms with van der Waals surface area (Å²) in [5.41, 5.74) is -2.00. The van der Waals surface area contributed by atoms with Gasteiger partial charge in [-0.15, -0.1) is 0 Å². The lowest BCUT2D eigenvalue weighted by Gasteiger charge is -2.37. The Bertz CT molecular complexity index is 1820. The summed E-state index contributed by atoms with van der Waals surface area (Å²) < 4.78 is 197. The molecule has 0 aliphatic carbocycles. The van der Waals surface area contributed by atoms with Crippen molar-refractivity contribution in [1.82, 2.24) is 0 Å². The Morgan fingerprint density at radius 3 is 0.427 bits per heavy atom. The van der Waals surface area contributed by atoms with Crippen LogP contribution in [0.5, 0.6) is 0 Å². The topological polar surface area (TPSA) is 342 Å². The first-order valence-corrected chi connectivity index (χ1v) is 40.5. The van der Waals surface area contributed by atoms with Gasteiger partial charge in [0.15, 0.2) is 0 Å². The average Bonchev–Trinajstić information content (AvgIpc) is 0.866. The monoisotopic (exact) mass is 1830 g/mol. The normalized spacial score (nSPS) is 13.5. The number of methoxy groups -OCH3 is 33. The van der Waals surface area contributed by atoms with Gasteiger partial charge in [0.25, 0.3) is 0 Å². The second-order valence-electron chi connectivity index (χ2n) is 30.1. The van der Waals surface area contributed by atoms with Crippen LogP contribution in [0.15, 0.2) is 0 Å². The fourth-order valence-corrected chi connectivity index (χ4v) is 13.3. The van der Waals surface area contributed by atoms with E-state index in [0.717, 1.165) is 26.1 Å². The number of ether oxygens (including phenoxy) is 37. The van der Waals surface area contributed by atoms with Gasteiger partial charge in [-0.2, -0.15) is 0 Å². The summed E-state index contributed by atoms with van der Waals surface area (Å²) in [6.07, 6.45) is 1.15. The Balaban J connectivity index is -0.000000160. The van der Waals surface area contributed by atoms with E-state index in [0.29, 0.717) is 211 Å². The molecule has 0 aromatic carbocycles. The van der Waals surface area contributed by atoms with E-state index in [4.69, 9.17) is 175 Å². The summed E-state index contributed by atoms with van der Waals surface area (Å²) >= 11 is 0. The van der Waals surface area contributed by atoms with Crippen LogP contribution >= 0.6 is 0 Å². The fourth-order valence-electron chi connectivity index (χ4n) is 13.3. The largest absolute Gasteiger partial charge is 0.384 e. The zero-order valence-corrected chi connectivity index (χ0v) is 83.1. The lowest BCUT2D eigenvalue weighted by Crippen LogP contribution is -2.50. The van der Waals surface area contributed by atoms with Crippen LogP contribution in [0.2, 0.25) is 0 Å². The second-order valence-corrected chi connectivity index (χ2v) is 30.1. The highest BCUT2D eigenvalue weighted by molar-refractivity contribution is 4.88. The molecule has 0 aliphatic heterocycles. The van der Waals surface area contributed by atoms with Crippen LogP contribution in [0.1, 0.15) is 43.0 Å². The van der Waals surface area contributed by atoms with Crippen molar-refractivity contribution in [2.45, 2.75) is 84.3 Å². The van der Waals surface area contributed by atoms with Crippen molar-refractivity contribution in [2.75, 3.05) is 459 Å². The van der Waals surface area contributed by atoms with Crippen molar-refractivity contribution in [2.24, 2.45) is 37.9 Å². The third-order valence-corrected chi connectivity index (χ3v) is 18.8. The molecule has 0 aromatic rings. The molecular weight excluding hydrogens is 1640 g/mol. The van der Waals surface area contributed by atoms with E-state index in [1.54, 1.807) is 235 Å². The molecule has 0 heterocycles. The Hall–Kier alpha value is -1.48. The molecule has 0 aromatic heterocycles. The van der Waals surface area contributed by atoms with E-state index < -0.39 is 16.2 Å². The predicted octanol–water partition coefficient (Wildman–Crippen LogP) is 7.13. The Morgan fingerprint density at radius 1 is 0.153 bits per heavy atom. The highest BCUT2D eigenvalue weighted by atomic mass is 16.6. The van der Waals surface area contributed by atoms with Crippen LogP contribution in [0.3, 0.4) is 0 Å². The molecule has 0 aliphatic rings. The minimum absolute atomic E-state index is 0. The quantitative estimate of drug-likeness (QED) is 0.0584. The maximum absolute atomic E-state index is 6.20. The average molecular weight is 1830 g/mol. The lowest BCUT2D eigenvalue weighted by atomic mass is 9.84. The molecule has 0 rings (SSSR count). The molecular formula is C87H194O37. The van der Waals surface area contributed by atoms with Crippen molar-refractivity contribution in [1.29, 1.82) is 0 Å². The van der Waals surface area contributed by atoms with Gasteiger partial charge in [0.2, 0.25) is 0 Å². The second kappa shape index (κ2) is 97.5. The third kappa shape index (κ3) is 68.5. The summed E-state index contributed by atoms with van der Waals surface area (Å²) in [6, 6.07) is 0. The molecule has 0 radical (unpaired) electrons. The smallest absolute Gasteiger partial charge is 0.114 e. The highest BCUT2D eigenvalue weighted by Gasteiger charge is 2.41. The van der Waals surface area contributed by atoms with Crippen LogP contribution in [-0.2, 0) is 175 Å². The van der Waals surface area contributed by atoms with Crippen LogP contribution in [-0.4, -0.2) is 502 Å². The zero-order chi connectivity index (χ0) is 94.2. The minimum Gasteiger partial charge on any atom is -0.384 e. The van der Waals surface area contributed by atoms with Crippen LogP contribution in [0, 0.1) is 37.9 Å². The van der Waals surface area contributed by atoms with Gasteiger partial charge in [0, 0.05) is 241 Å². The third-order valence-electron chi connectivity index (χ3n) is 18.8. The van der Waals surface area contributed by atoms with Crippen LogP contribution in [0.25, 0.3) is 0 Å². The molecule has 124 heavy (non-hydrogen) atoms. The molecule has 0 spiro atoms. The molecule has 0 saturated heterocycles.